The first-order valence-electron chi connectivity index (χ1n) is 2.25. The minimum atomic E-state index is -0.861. The van der Waals surface area contributed by atoms with Gasteiger partial charge in [-0.15, -0.1) is 11.6 Å². The molecule has 0 saturated carbocycles. The van der Waals surface area contributed by atoms with Gasteiger partial charge in [-0.25, -0.2) is 4.79 Å². The van der Waals surface area contributed by atoms with Crippen LogP contribution in [0.2, 0.25) is 0 Å². The van der Waals surface area contributed by atoms with E-state index in [4.69, 9.17) is 23.2 Å². The number of alkyl halides is 1. The molecule has 1 unspecified atom stereocenters. The molecule has 2 nitrogen and oxygen atoms in total. The quantitative estimate of drug-likeness (QED) is 0.367. The molecule has 0 heterocycles. The number of hydrogen-bond donors (Lipinski definition) is 0. The normalized spacial score (nSPS) is 12.2. The molecule has 9 heavy (non-hydrogen) atoms. The first kappa shape index (κ1) is 8.79. The van der Waals surface area contributed by atoms with E-state index in [2.05, 4.69) is 11.3 Å². The summed E-state index contributed by atoms with van der Waals surface area (Å²) >= 11 is 10.2. The summed E-state index contributed by atoms with van der Waals surface area (Å²) in [7, 11) is 0. The number of rotatable bonds is 3. The van der Waals surface area contributed by atoms with Crippen LogP contribution in [0, 0.1) is 0 Å². The molecule has 0 aromatic carbocycles. The number of ether oxygens (including phenoxy) is 1. The van der Waals surface area contributed by atoms with Crippen molar-refractivity contribution in [2.24, 2.45) is 0 Å². The first-order chi connectivity index (χ1) is 4.20. The van der Waals surface area contributed by atoms with E-state index < -0.39 is 11.5 Å². The van der Waals surface area contributed by atoms with Crippen molar-refractivity contribution in [1.82, 2.24) is 0 Å². The van der Waals surface area contributed by atoms with E-state index in [1.807, 2.05) is 0 Å². The molecule has 0 N–H and O–H groups in total. The fourth-order valence-corrected chi connectivity index (χ4v) is 0.565. The SMILES string of the molecule is C=CC(CCl)OC(=O)Cl. The van der Waals surface area contributed by atoms with Crippen molar-refractivity contribution >= 4 is 28.6 Å². The summed E-state index contributed by atoms with van der Waals surface area (Å²) < 4.78 is 4.43. The maximum Gasteiger partial charge on any atom is 0.404 e. The lowest BCUT2D eigenvalue weighted by Crippen LogP contribution is -2.12. The molecule has 0 rings (SSSR count). The molecule has 0 aliphatic rings. The van der Waals surface area contributed by atoms with E-state index >= 15 is 0 Å². The van der Waals surface area contributed by atoms with Crippen LogP contribution in [0.1, 0.15) is 0 Å². The standard InChI is InChI=1S/C5H6Cl2O2/c1-2-4(3-6)9-5(7)8/h2,4H,1,3H2. The van der Waals surface area contributed by atoms with E-state index in [0.717, 1.165) is 0 Å². The molecule has 0 aromatic heterocycles. The highest BCUT2D eigenvalue weighted by molar-refractivity contribution is 6.61. The van der Waals surface area contributed by atoms with Gasteiger partial charge in [0.15, 0.2) is 0 Å². The number of hydrogen-bond acceptors (Lipinski definition) is 2. The molecule has 0 fully saturated rings. The van der Waals surface area contributed by atoms with Crippen LogP contribution in [0.15, 0.2) is 12.7 Å². The topological polar surface area (TPSA) is 26.3 Å². The molecule has 0 aromatic rings. The predicted molar refractivity (Wildman–Crippen MR) is 37.0 cm³/mol. The van der Waals surface area contributed by atoms with Gasteiger partial charge in [-0.2, -0.15) is 0 Å². The van der Waals surface area contributed by atoms with Gasteiger partial charge in [-0.05, 0) is 0 Å². The van der Waals surface area contributed by atoms with Crippen LogP contribution in [0.4, 0.5) is 4.79 Å². The summed E-state index contributed by atoms with van der Waals surface area (Å²) in [4.78, 5) is 10.0. The molecular weight excluding hydrogens is 163 g/mol. The fraction of sp³-hybridized carbons (Fsp3) is 0.400. The molecule has 52 valence electrons. The summed E-state index contributed by atoms with van der Waals surface area (Å²) in [6.45, 7) is 3.36. The van der Waals surface area contributed by atoms with Crippen molar-refractivity contribution in [3.8, 4) is 0 Å². The second kappa shape index (κ2) is 4.65. The molecule has 0 aliphatic heterocycles. The molecule has 0 bridgehead atoms. The Bertz CT molecular complexity index is 114. The third kappa shape index (κ3) is 4.30. The van der Waals surface area contributed by atoms with Crippen LogP contribution in [0.5, 0.6) is 0 Å². The van der Waals surface area contributed by atoms with E-state index in [0.29, 0.717) is 0 Å². The minimum Gasteiger partial charge on any atom is -0.445 e. The van der Waals surface area contributed by atoms with Crippen LogP contribution in [0.25, 0.3) is 0 Å². The Kier molecular flexibility index (Phi) is 4.54. The second-order valence-corrected chi connectivity index (χ2v) is 1.90. The summed E-state index contributed by atoms with van der Waals surface area (Å²) in [6, 6.07) is 0. The van der Waals surface area contributed by atoms with Crippen molar-refractivity contribution in [1.29, 1.82) is 0 Å². The highest BCUT2D eigenvalue weighted by Crippen LogP contribution is 1.99. The number of halogens is 2. The van der Waals surface area contributed by atoms with Crippen LogP contribution < -0.4 is 0 Å². The van der Waals surface area contributed by atoms with E-state index in [9.17, 15) is 4.79 Å². The van der Waals surface area contributed by atoms with E-state index in [1.54, 1.807) is 0 Å². The smallest absolute Gasteiger partial charge is 0.404 e. The van der Waals surface area contributed by atoms with Gasteiger partial charge < -0.3 is 4.74 Å². The average Bonchev–Trinajstić information content (AvgIpc) is 1.82. The van der Waals surface area contributed by atoms with Crippen molar-refractivity contribution in [3.05, 3.63) is 12.7 Å². The third-order valence-corrected chi connectivity index (χ3v) is 1.05. The summed E-state index contributed by atoms with van der Waals surface area (Å²) in [5, 5.41) is 0. The molecular formula is C5H6Cl2O2. The van der Waals surface area contributed by atoms with Crippen LogP contribution in [0.3, 0.4) is 0 Å². The highest BCUT2D eigenvalue weighted by Gasteiger charge is 2.05. The molecule has 1 atom stereocenters. The lowest BCUT2D eigenvalue weighted by atomic mass is 10.4. The molecule has 0 spiro atoms. The Labute approximate surface area is 63.4 Å². The summed E-state index contributed by atoms with van der Waals surface area (Å²) in [6.07, 6.45) is 0.935. The number of carbonyl (C=O) groups is 1. The van der Waals surface area contributed by atoms with Crippen LogP contribution in [-0.4, -0.2) is 17.4 Å². The Morgan fingerprint density at radius 1 is 1.89 bits per heavy atom. The van der Waals surface area contributed by atoms with Crippen molar-refractivity contribution in [3.63, 3.8) is 0 Å². The van der Waals surface area contributed by atoms with Gasteiger partial charge >= 0.3 is 5.43 Å². The minimum absolute atomic E-state index is 0.183. The van der Waals surface area contributed by atoms with Crippen molar-refractivity contribution in [2.45, 2.75) is 6.10 Å². The van der Waals surface area contributed by atoms with E-state index in [1.165, 1.54) is 6.08 Å². The van der Waals surface area contributed by atoms with Gasteiger partial charge in [0.2, 0.25) is 0 Å². The van der Waals surface area contributed by atoms with E-state index in [-0.39, 0.29) is 5.88 Å². The predicted octanol–water partition coefficient (Wildman–Crippen LogP) is 2.16. The van der Waals surface area contributed by atoms with Gasteiger partial charge in [-0.3, -0.25) is 0 Å². The lowest BCUT2D eigenvalue weighted by Gasteiger charge is -2.05. The Morgan fingerprint density at radius 3 is 2.56 bits per heavy atom. The van der Waals surface area contributed by atoms with Gasteiger partial charge in [0.05, 0.1) is 5.88 Å². The van der Waals surface area contributed by atoms with Crippen LogP contribution in [-0.2, 0) is 4.74 Å². The second-order valence-electron chi connectivity index (χ2n) is 1.28. The molecule has 0 radical (unpaired) electrons. The van der Waals surface area contributed by atoms with Gasteiger partial charge in [-0.1, -0.05) is 12.7 Å². The zero-order valence-corrected chi connectivity index (χ0v) is 6.15. The number of carbonyl (C=O) groups excluding carboxylic acids is 1. The van der Waals surface area contributed by atoms with Crippen molar-refractivity contribution < 1.29 is 9.53 Å². The highest BCUT2D eigenvalue weighted by atomic mass is 35.5. The molecule has 0 amide bonds. The van der Waals surface area contributed by atoms with Gasteiger partial charge in [0.25, 0.3) is 0 Å². The molecule has 0 saturated heterocycles. The largest absolute Gasteiger partial charge is 0.445 e. The maximum absolute atomic E-state index is 10.0. The van der Waals surface area contributed by atoms with Gasteiger partial charge in [0, 0.05) is 11.6 Å². The third-order valence-electron chi connectivity index (χ3n) is 0.659. The Balaban J connectivity index is 3.55. The van der Waals surface area contributed by atoms with Crippen molar-refractivity contribution in [2.75, 3.05) is 5.88 Å². The maximum atomic E-state index is 10.0. The lowest BCUT2D eigenvalue weighted by molar-refractivity contribution is 0.155. The van der Waals surface area contributed by atoms with Gasteiger partial charge in [0.1, 0.15) is 6.10 Å². The first-order valence-corrected chi connectivity index (χ1v) is 3.16. The Morgan fingerprint density at radius 2 is 2.44 bits per heavy atom. The fourth-order valence-electron chi connectivity index (χ4n) is 0.262. The zero-order chi connectivity index (χ0) is 7.28. The monoisotopic (exact) mass is 168 g/mol. The zero-order valence-electron chi connectivity index (χ0n) is 4.64. The average molecular weight is 169 g/mol. The summed E-state index contributed by atoms with van der Waals surface area (Å²) in [5.74, 6) is 0.183. The summed E-state index contributed by atoms with van der Waals surface area (Å²) in [5.41, 5.74) is -0.861. The molecule has 4 heteroatoms. The van der Waals surface area contributed by atoms with Crippen LogP contribution >= 0.6 is 23.2 Å². The Hall–Kier alpha value is -0.210. The molecule has 0 aliphatic carbocycles.